The molecular formula is C20H21FN4O2. The molecule has 1 heterocycles. The van der Waals surface area contributed by atoms with Gasteiger partial charge in [0.1, 0.15) is 11.6 Å². The van der Waals surface area contributed by atoms with Gasteiger partial charge in [-0.25, -0.2) is 9.18 Å². The highest BCUT2D eigenvalue weighted by Crippen LogP contribution is 2.24. The van der Waals surface area contributed by atoms with Gasteiger partial charge in [0, 0.05) is 24.8 Å². The lowest BCUT2D eigenvalue weighted by Crippen LogP contribution is -2.34. The van der Waals surface area contributed by atoms with Crippen molar-refractivity contribution in [3.63, 3.8) is 0 Å². The summed E-state index contributed by atoms with van der Waals surface area (Å²) >= 11 is 0. The van der Waals surface area contributed by atoms with Crippen LogP contribution in [0.15, 0.2) is 54.9 Å². The van der Waals surface area contributed by atoms with E-state index in [1.807, 2.05) is 31.2 Å². The standard InChI is InChI=1S/C20H21FN4O2/c1-3-25(13-14-5-4-6-17(9-14)27-2)20(26)24-19-8-7-15(10-18(19)21)16-11-22-23-12-16/h4-12H,3,13H2,1-2H3,(H,22,23)(H,24,26). The van der Waals surface area contributed by atoms with Crippen LogP contribution in [0.25, 0.3) is 11.1 Å². The first-order chi connectivity index (χ1) is 13.1. The number of methoxy groups -OCH3 is 1. The average Bonchev–Trinajstić information content (AvgIpc) is 3.22. The van der Waals surface area contributed by atoms with Gasteiger partial charge in [-0.15, -0.1) is 0 Å². The Morgan fingerprint density at radius 1 is 1.26 bits per heavy atom. The summed E-state index contributed by atoms with van der Waals surface area (Å²) in [6.45, 7) is 2.75. The van der Waals surface area contributed by atoms with Crippen molar-refractivity contribution in [3.05, 3.63) is 66.2 Å². The van der Waals surface area contributed by atoms with E-state index in [2.05, 4.69) is 15.5 Å². The van der Waals surface area contributed by atoms with Crippen LogP contribution in [0.3, 0.4) is 0 Å². The second kappa shape index (κ2) is 8.35. The largest absolute Gasteiger partial charge is 0.497 e. The van der Waals surface area contributed by atoms with Crippen LogP contribution in [0, 0.1) is 5.82 Å². The minimum absolute atomic E-state index is 0.135. The second-order valence-electron chi connectivity index (χ2n) is 5.98. The predicted octanol–water partition coefficient (Wildman–Crippen LogP) is 4.28. The van der Waals surface area contributed by atoms with E-state index in [9.17, 15) is 9.18 Å². The molecule has 0 atom stereocenters. The molecule has 1 aromatic heterocycles. The molecule has 7 heteroatoms. The number of urea groups is 1. The number of carbonyl (C=O) groups excluding carboxylic acids is 1. The topological polar surface area (TPSA) is 70.2 Å². The van der Waals surface area contributed by atoms with Crippen LogP contribution in [0.5, 0.6) is 5.75 Å². The van der Waals surface area contributed by atoms with Crippen LogP contribution in [0.4, 0.5) is 14.9 Å². The Morgan fingerprint density at radius 3 is 2.78 bits per heavy atom. The Labute approximate surface area is 157 Å². The molecule has 2 amide bonds. The molecule has 0 unspecified atom stereocenters. The van der Waals surface area contributed by atoms with Crippen molar-refractivity contribution >= 4 is 11.7 Å². The van der Waals surface area contributed by atoms with E-state index >= 15 is 0 Å². The normalized spacial score (nSPS) is 10.5. The number of aromatic amines is 1. The molecule has 0 radical (unpaired) electrons. The second-order valence-corrected chi connectivity index (χ2v) is 5.98. The van der Waals surface area contributed by atoms with Crippen LogP contribution in [0.2, 0.25) is 0 Å². The molecule has 27 heavy (non-hydrogen) atoms. The zero-order chi connectivity index (χ0) is 19.2. The summed E-state index contributed by atoms with van der Waals surface area (Å²) in [6.07, 6.45) is 3.29. The number of amides is 2. The fraction of sp³-hybridized carbons (Fsp3) is 0.200. The lowest BCUT2D eigenvalue weighted by Gasteiger charge is -2.22. The molecule has 140 valence electrons. The fourth-order valence-electron chi connectivity index (χ4n) is 2.72. The van der Waals surface area contributed by atoms with Crippen molar-refractivity contribution in [2.24, 2.45) is 0 Å². The van der Waals surface area contributed by atoms with Crippen molar-refractivity contribution in [2.45, 2.75) is 13.5 Å². The van der Waals surface area contributed by atoms with Crippen molar-refractivity contribution in [1.82, 2.24) is 15.1 Å². The minimum Gasteiger partial charge on any atom is -0.497 e. The van der Waals surface area contributed by atoms with Crippen molar-refractivity contribution in [3.8, 4) is 16.9 Å². The maximum Gasteiger partial charge on any atom is 0.322 e. The number of hydrogen-bond donors (Lipinski definition) is 2. The molecule has 2 aromatic carbocycles. The molecule has 0 fully saturated rings. The zero-order valence-corrected chi connectivity index (χ0v) is 15.2. The SMILES string of the molecule is CCN(Cc1cccc(OC)c1)C(=O)Nc1ccc(-c2cn[nH]c2)cc1F. The summed E-state index contributed by atoms with van der Waals surface area (Å²) < 4.78 is 19.6. The Morgan fingerprint density at radius 2 is 2.11 bits per heavy atom. The number of H-pyrrole nitrogens is 1. The molecule has 0 aliphatic rings. The average molecular weight is 368 g/mol. The molecule has 3 rings (SSSR count). The first kappa shape index (κ1) is 18.4. The third-order valence-corrected chi connectivity index (χ3v) is 4.22. The van der Waals surface area contributed by atoms with Crippen molar-refractivity contribution in [1.29, 1.82) is 0 Å². The lowest BCUT2D eigenvalue weighted by molar-refractivity contribution is 0.212. The van der Waals surface area contributed by atoms with Gasteiger partial charge < -0.3 is 15.0 Å². The van der Waals surface area contributed by atoms with E-state index < -0.39 is 5.82 Å². The van der Waals surface area contributed by atoms with E-state index in [1.165, 1.54) is 6.07 Å². The summed E-state index contributed by atoms with van der Waals surface area (Å²) in [4.78, 5) is 14.2. The molecule has 0 aliphatic carbocycles. The quantitative estimate of drug-likeness (QED) is 0.682. The van der Waals surface area contributed by atoms with E-state index in [-0.39, 0.29) is 11.7 Å². The number of benzene rings is 2. The maximum atomic E-state index is 14.4. The first-order valence-corrected chi connectivity index (χ1v) is 8.58. The van der Waals surface area contributed by atoms with Crippen LogP contribution < -0.4 is 10.1 Å². The molecule has 0 spiro atoms. The smallest absolute Gasteiger partial charge is 0.322 e. The number of hydrogen-bond acceptors (Lipinski definition) is 3. The summed E-state index contributed by atoms with van der Waals surface area (Å²) in [6, 6.07) is 11.8. The van der Waals surface area contributed by atoms with Gasteiger partial charge in [0.05, 0.1) is 19.0 Å². The van der Waals surface area contributed by atoms with E-state index in [1.54, 1.807) is 36.5 Å². The van der Waals surface area contributed by atoms with Gasteiger partial charge in [-0.05, 0) is 42.3 Å². The van der Waals surface area contributed by atoms with Gasteiger partial charge >= 0.3 is 6.03 Å². The van der Waals surface area contributed by atoms with Crippen LogP contribution in [-0.2, 0) is 6.54 Å². The minimum atomic E-state index is -0.500. The Bertz CT molecular complexity index is 912. The number of aromatic nitrogens is 2. The van der Waals surface area contributed by atoms with E-state index in [4.69, 9.17) is 4.74 Å². The number of halogens is 1. The van der Waals surface area contributed by atoms with Crippen LogP contribution in [-0.4, -0.2) is 34.8 Å². The third kappa shape index (κ3) is 4.44. The molecule has 3 aromatic rings. The molecular weight excluding hydrogens is 347 g/mol. The van der Waals surface area contributed by atoms with E-state index in [0.29, 0.717) is 18.7 Å². The first-order valence-electron chi connectivity index (χ1n) is 8.58. The van der Waals surface area contributed by atoms with Gasteiger partial charge in [-0.2, -0.15) is 5.10 Å². The molecule has 0 aliphatic heterocycles. The van der Waals surface area contributed by atoms with Gasteiger partial charge in [0.15, 0.2) is 0 Å². The van der Waals surface area contributed by atoms with Gasteiger partial charge in [-0.3, -0.25) is 5.10 Å². The highest BCUT2D eigenvalue weighted by atomic mass is 19.1. The summed E-state index contributed by atoms with van der Waals surface area (Å²) in [7, 11) is 1.60. The third-order valence-electron chi connectivity index (χ3n) is 4.22. The van der Waals surface area contributed by atoms with E-state index in [0.717, 1.165) is 16.9 Å². The van der Waals surface area contributed by atoms with Gasteiger partial charge in [-0.1, -0.05) is 18.2 Å². The van der Waals surface area contributed by atoms with Gasteiger partial charge in [0.25, 0.3) is 0 Å². The van der Waals surface area contributed by atoms with Crippen LogP contribution in [0.1, 0.15) is 12.5 Å². The van der Waals surface area contributed by atoms with Crippen molar-refractivity contribution < 1.29 is 13.9 Å². The summed E-state index contributed by atoms with van der Waals surface area (Å²) in [5.74, 6) is 0.226. The Balaban J connectivity index is 1.71. The number of anilines is 1. The van der Waals surface area contributed by atoms with Gasteiger partial charge in [0.2, 0.25) is 0 Å². The number of ether oxygens (including phenoxy) is 1. The molecule has 0 saturated carbocycles. The monoisotopic (exact) mass is 368 g/mol. The van der Waals surface area contributed by atoms with Crippen LogP contribution >= 0.6 is 0 Å². The molecule has 0 bridgehead atoms. The molecule has 0 saturated heterocycles. The summed E-state index contributed by atoms with van der Waals surface area (Å²) in [5.41, 5.74) is 2.53. The zero-order valence-electron chi connectivity index (χ0n) is 15.2. The highest BCUT2D eigenvalue weighted by molar-refractivity contribution is 5.89. The molecule has 2 N–H and O–H groups in total. The summed E-state index contributed by atoms with van der Waals surface area (Å²) in [5, 5.41) is 9.18. The van der Waals surface area contributed by atoms with Crippen molar-refractivity contribution in [2.75, 3.05) is 19.0 Å². The number of nitrogens with one attached hydrogen (secondary N) is 2. The Hall–Kier alpha value is -3.35. The maximum absolute atomic E-state index is 14.4. The number of nitrogens with zero attached hydrogens (tertiary/aromatic N) is 2. The molecule has 6 nitrogen and oxygen atoms in total. The number of carbonyl (C=O) groups is 1. The fourth-order valence-corrected chi connectivity index (χ4v) is 2.72. The number of rotatable bonds is 6. The predicted molar refractivity (Wildman–Crippen MR) is 102 cm³/mol. The Kier molecular flexibility index (Phi) is 5.71. The lowest BCUT2D eigenvalue weighted by atomic mass is 10.1. The highest BCUT2D eigenvalue weighted by Gasteiger charge is 2.15.